The van der Waals surface area contributed by atoms with Crippen LogP contribution in [-0.2, 0) is 14.4 Å². The second-order valence-corrected chi connectivity index (χ2v) is 5.69. The molecule has 6 nitrogen and oxygen atoms in total. The first-order valence-corrected chi connectivity index (χ1v) is 6.36. The van der Waals surface area contributed by atoms with Gasteiger partial charge in [0.1, 0.15) is 6.04 Å². The Labute approximate surface area is 122 Å². The second-order valence-electron chi connectivity index (χ2n) is 5.25. The van der Waals surface area contributed by atoms with Crippen LogP contribution in [0.4, 0.5) is 0 Å². The first-order chi connectivity index (χ1) is 9.25. The van der Waals surface area contributed by atoms with Crippen molar-refractivity contribution in [1.82, 2.24) is 10.9 Å². The summed E-state index contributed by atoms with van der Waals surface area (Å²) in [5.41, 5.74) is 4.33. The number of halogens is 1. The number of rotatable bonds is 4. The minimum Gasteiger partial charge on any atom is -0.369 e. The topological polar surface area (TPSA) is 93.4 Å². The number of hydroxylamine groups is 1. The zero-order chi connectivity index (χ0) is 15.3. The summed E-state index contributed by atoms with van der Waals surface area (Å²) < 4.78 is 0. The van der Waals surface area contributed by atoms with Gasteiger partial charge in [-0.15, -0.1) is 5.48 Å². The van der Waals surface area contributed by atoms with Crippen molar-refractivity contribution in [3.8, 4) is 0 Å². The van der Waals surface area contributed by atoms with E-state index in [1.54, 1.807) is 45.0 Å². The van der Waals surface area contributed by atoms with E-state index in [9.17, 15) is 9.59 Å². The molecule has 110 valence electrons. The molecular formula is C13H18ClN3O3. The Morgan fingerprint density at radius 3 is 2.25 bits per heavy atom. The maximum Gasteiger partial charge on any atom is 0.330 e. The van der Waals surface area contributed by atoms with Gasteiger partial charge in [0.25, 0.3) is 5.91 Å². The van der Waals surface area contributed by atoms with Crippen molar-refractivity contribution in [2.75, 3.05) is 0 Å². The molecule has 0 aliphatic rings. The van der Waals surface area contributed by atoms with E-state index in [1.165, 1.54) is 0 Å². The minimum atomic E-state index is -0.913. The van der Waals surface area contributed by atoms with Gasteiger partial charge in [0.2, 0.25) is 0 Å². The second kappa shape index (κ2) is 6.69. The normalized spacial score (nSPS) is 12.7. The zero-order valence-electron chi connectivity index (χ0n) is 11.6. The predicted octanol–water partition coefficient (Wildman–Crippen LogP) is 1.46. The first-order valence-electron chi connectivity index (χ1n) is 5.98. The number of hydrazine groups is 1. The molecule has 0 fully saturated rings. The summed E-state index contributed by atoms with van der Waals surface area (Å²) in [6.07, 6.45) is 0. The van der Waals surface area contributed by atoms with E-state index < -0.39 is 23.3 Å². The lowest BCUT2D eigenvalue weighted by atomic mass is 9.98. The largest absolute Gasteiger partial charge is 0.369 e. The number of hydrogen-bond donors (Lipinski definition) is 3. The van der Waals surface area contributed by atoms with Crippen LogP contribution >= 0.6 is 11.6 Å². The van der Waals surface area contributed by atoms with E-state index >= 15 is 0 Å². The van der Waals surface area contributed by atoms with Crippen LogP contribution in [0.25, 0.3) is 0 Å². The third-order valence-electron chi connectivity index (χ3n) is 2.49. The molecule has 0 aromatic heterocycles. The van der Waals surface area contributed by atoms with Crippen LogP contribution < -0.4 is 16.7 Å². The predicted molar refractivity (Wildman–Crippen MR) is 75.2 cm³/mol. The van der Waals surface area contributed by atoms with Gasteiger partial charge in [-0.3, -0.25) is 10.2 Å². The van der Waals surface area contributed by atoms with Crippen LogP contribution in [0.3, 0.4) is 0 Å². The highest BCUT2D eigenvalue weighted by atomic mass is 35.5. The summed E-state index contributed by atoms with van der Waals surface area (Å²) >= 11 is 5.79. The van der Waals surface area contributed by atoms with Crippen molar-refractivity contribution < 1.29 is 14.4 Å². The number of nitrogens with two attached hydrogens (primary N) is 1. The number of carbonyl (C=O) groups is 2. The summed E-state index contributed by atoms with van der Waals surface area (Å²) in [4.78, 5) is 28.4. The highest BCUT2D eigenvalue weighted by molar-refractivity contribution is 6.30. The molecule has 20 heavy (non-hydrogen) atoms. The Hall–Kier alpha value is -1.63. The molecule has 4 N–H and O–H groups in total. The number of hydrogen-bond acceptors (Lipinski definition) is 5. The van der Waals surface area contributed by atoms with Gasteiger partial charge in [0.15, 0.2) is 0 Å². The van der Waals surface area contributed by atoms with E-state index in [0.717, 1.165) is 0 Å². The van der Waals surface area contributed by atoms with Gasteiger partial charge >= 0.3 is 5.97 Å². The van der Waals surface area contributed by atoms with Gasteiger partial charge in [-0.1, -0.05) is 23.7 Å². The molecule has 1 aromatic carbocycles. The third-order valence-corrected chi connectivity index (χ3v) is 2.74. The number of benzene rings is 1. The number of carbonyl (C=O) groups excluding carboxylic acids is 2. The van der Waals surface area contributed by atoms with Crippen LogP contribution in [0, 0.1) is 5.41 Å². The lowest BCUT2D eigenvalue weighted by Crippen LogP contribution is -2.42. The first kappa shape index (κ1) is 16.4. The molecule has 0 bridgehead atoms. The summed E-state index contributed by atoms with van der Waals surface area (Å²) in [7, 11) is 0. The van der Waals surface area contributed by atoms with Crippen molar-refractivity contribution in [1.29, 1.82) is 0 Å². The van der Waals surface area contributed by atoms with E-state index in [-0.39, 0.29) is 0 Å². The van der Waals surface area contributed by atoms with Crippen LogP contribution in [0.1, 0.15) is 32.4 Å². The van der Waals surface area contributed by atoms with E-state index in [0.29, 0.717) is 10.6 Å². The molecule has 0 saturated carbocycles. The molecule has 0 radical (unpaired) electrons. The van der Waals surface area contributed by atoms with Crippen molar-refractivity contribution in [2.45, 2.75) is 26.8 Å². The van der Waals surface area contributed by atoms with E-state index in [4.69, 9.17) is 22.3 Å². The molecule has 7 heteroatoms. The smallest absolute Gasteiger partial charge is 0.330 e. The Bertz CT molecular complexity index is 483. The quantitative estimate of drug-likeness (QED) is 0.445. The van der Waals surface area contributed by atoms with Gasteiger partial charge in [0, 0.05) is 5.02 Å². The molecule has 0 heterocycles. The summed E-state index contributed by atoms with van der Waals surface area (Å²) in [5.74, 6) is 4.11. The van der Waals surface area contributed by atoms with E-state index in [1.807, 2.05) is 5.43 Å². The molecule has 1 rings (SSSR count). The van der Waals surface area contributed by atoms with Crippen molar-refractivity contribution in [3.63, 3.8) is 0 Å². The van der Waals surface area contributed by atoms with E-state index in [2.05, 4.69) is 5.48 Å². The van der Waals surface area contributed by atoms with Crippen molar-refractivity contribution >= 4 is 23.5 Å². The monoisotopic (exact) mass is 299 g/mol. The lowest BCUT2D eigenvalue weighted by Gasteiger charge is -2.21. The fourth-order valence-electron chi connectivity index (χ4n) is 1.28. The number of nitrogens with one attached hydrogen (secondary N) is 2. The molecule has 1 atom stereocenters. The lowest BCUT2D eigenvalue weighted by molar-refractivity contribution is -0.164. The summed E-state index contributed by atoms with van der Waals surface area (Å²) in [6, 6.07) is 5.62. The van der Waals surface area contributed by atoms with Crippen molar-refractivity contribution in [2.24, 2.45) is 11.3 Å². The molecule has 1 aromatic rings. The maximum atomic E-state index is 11.7. The minimum absolute atomic E-state index is 0.485. The van der Waals surface area contributed by atoms with Crippen LogP contribution in [-0.4, -0.2) is 11.9 Å². The molecule has 1 unspecified atom stereocenters. The molecule has 0 aliphatic carbocycles. The molecule has 0 saturated heterocycles. The highest BCUT2D eigenvalue weighted by Gasteiger charge is 2.27. The average Bonchev–Trinajstić information content (AvgIpc) is 2.39. The highest BCUT2D eigenvalue weighted by Crippen LogP contribution is 2.19. The average molecular weight is 300 g/mol. The van der Waals surface area contributed by atoms with Gasteiger partial charge in [-0.05, 0) is 38.5 Å². The van der Waals surface area contributed by atoms with Gasteiger partial charge < -0.3 is 4.84 Å². The molecular weight excluding hydrogens is 282 g/mol. The fraction of sp³-hybridized carbons (Fsp3) is 0.385. The molecule has 1 amide bonds. The molecule has 0 aliphatic heterocycles. The zero-order valence-corrected chi connectivity index (χ0v) is 12.3. The Balaban J connectivity index is 2.84. The molecule has 0 spiro atoms. The third kappa shape index (κ3) is 4.48. The Morgan fingerprint density at radius 1 is 1.25 bits per heavy atom. The maximum absolute atomic E-state index is 11.7. The number of amides is 1. The van der Waals surface area contributed by atoms with Gasteiger partial charge in [-0.25, -0.2) is 10.6 Å². The fourth-order valence-corrected chi connectivity index (χ4v) is 1.40. The van der Waals surface area contributed by atoms with Crippen LogP contribution in [0.2, 0.25) is 5.02 Å². The Kier molecular flexibility index (Phi) is 5.50. The SMILES string of the molecule is CC(C)(C)C(=O)ONC(C(=O)NN)c1ccc(Cl)cc1. The summed E-state index contributed by atoms with van der Waals surface area (Å²) in [6.45, 7) is 5.12. The summed E-state index contributed by atoms with van der Waals surface area (Å²) in [5, 5.41) is 0.535. The van der Waals surface area contributed by atoms with Gasteiger partial charge in [0.05, 0.1) is 5.41 Å². The Morgan fingerprint density at radius 2 is 1.80 bits per heavy atom. The van der Waals surface area contributed by atoms with Crippen molar-refractivity contribution in [3.05, 3.63) is 34.9 Å². The van der Waals surface area contributed by atoms with Crippen LogP contribution in [0.15, 0.2) is 24.3 Å². The standard InChI is InChI=1S/C13H18ClN3O3/c1-13(2,3)12(19)20-17-10(11(18)16-15)8-4-6-9(14)7-5-8/h4-7,10,17H,15H2,1-3H3,(H,16,18). The van der Waals surface area contributed by atoms with Gasteiger partial charge in [-0.2, -0.15) is 0 Å². The van der Waals surface area contributed by atoms with Crippen LogP contribution in [0.5, 0.6) is 0 Å².